The van der Waals surface area contributed by atoms with Crippen LogP contribution in [0.4, 0.5) is 10.1 Å². The molecule has 0 spiro atoms. The van der Waals surface area contributed by atoms with Crippen LogP contribution in [0.1, 0.15) is 9.67 Å². The molecule has 1 amide bonds. The Labute approximate surface area is 115 Å². The lowest BCUT2D eigenvalue weighted by molar-refractivity contribution is 0.103. The van der Waals surface area contributed by atoms with Crippen molar-refractivity contribution in [3.8, 4) is 0 Å². The molecule has 0 aliphatic rings. The Hall–Kier alpha value is -0.910. The van der Waals surface area contributed by atoms with Gasteiger partial charge in [-0.05, 0) is 40.2 Å². The van der Waals surface area contributed by atoms with Crippen molar-refractivity contribution in [2.45, 2.75) is 0 Å². The Balaban J connectivity index is 2.21. The number of anilines is 1. The van der Waals surface area contributed by atoms with E-state index in [1.54, 1.807) is 18.2 Å². The highest BCUT2D eigenvalue weighted by Crippen LogP contribution is 2.25. The molecule has 1 aromatic carbocycles. The van der Waals surface area contributed by atoms with E-state index in [1.807, 2.05) is 0 Å². The molecule has 0 aliphatic heterocycles. The number of benzene rings is 1. The molecule has 2 aromatic rings. The van der Waals surface area contributed by atoms with Gasteiger partial charge in [-0.2, -0.15) is 0 Å². The van der Waals surface area contributed by atoms with Crippen LogP contribution in [0, 0.1) is 5.82 Å². The first-order valence-electron chi connectivity index (χ1n) is 4.58. The van der Waals surface area contributed by atoms with Crippen molar-refractivity contribution >= 4 is 50.5 Å². The van der Waals surface area contributed by atoms with Crippen LogP contribution in [0.3, 0.4) is 0 Å². The molecule has 0 aliphatic carbocycles. The SMILES string of the molecule is O=C(Nc1cccc(Cl)c1F)c1ccc(Br)s1. The molecule has 0 unspecified atom stereocenters. The van der Waals surface area contributed by atoms with Crippen LogP contribution in [-0.2, 0) is 0 Å². The highest BCUT2D eigenvalue weighted by molar-refractivity contribution is 9.11. The maximum absolute atomic E-state index is 13.5. The van der Waals surface area contributed by atoms with Gasteiger partial charge in [0.15, 0.2) is 5.82 Å². The summed E-state index contributed by atoms with van der Waals surface area (Å²) in [6, 6.07) is 7.88. The molecule has 2 nitrogen and oxygen atoms in total. The van der Waals surface area contributed by atoms with E-state index in [4.69, 9.17) is 11.6 Å². The molecule has 0 saturated carbocycles. The first kappa shape index (κ1) is 12.5. The normalized spacial score (nSPS) is 10.3. The number of hydrogen-bond donors (Lipinski definition) is 1. The lowest BCUT2D eigenvalue weighted by Crippen LogP contribution is -2.11. The molecule has 0 radical (unpaired) electrons. The molecular weight excluding hydrogens is 329 g/mol. The molecule has 88 valence electrons. The Bertz CT molecular complexity index is 572. The van der Waals surface area contributed by atoms with Gasteiger partial charge >= 0.3 is 0 Å². The van der Waals surface area contributed by atoms with Gasteiger partial charge in [-0.3, -0.25) is 4.79 Å². The van der Waals surface area contributed by atoms with Gasteiger partial charge in [0, 0.05) is 0 Å². The number of nitrogens with one attached hydrogen (secondary N) is 1. The van der Waals surface area contributed by atoms with Gasteiger partial charge in [0.1, 0.15) is 0 Å². The van der Waals surface area contributed by atoms with E-state index in [0.29, 0.717) is 4.88 Å². The second-order valence-electron chi connectivity index (χ2n) is 3.16. The maximum Gasteiger partial charge on any atom is 0.265 e. The maximum atomic E-state index is 13.5. The quantitative estimate of drug-likeness (QED) is 0.857. The summed E-state index contributed by atoms with van der Waals surface area (Å²) in [6.07, 6.45) is 0. The van der Waals surface area contributed by atoms with Crippen molar-refractivity contribution in [1.82, 2.24) is 0 Å². The van der Waals surface area contributed by atoms with Crippen molar-refractivity contribution in [3.05, 3.63) is 49.8 Å². The number of carbonyl (C=O) groups excluding carboxylic acids is 1. The summed E-state index contributed by atoms with van der Waals surface area (Å²) < 4.78 is 14.4. The summed E-state index contributed by atoms with van der Waals surface area (Å²) >= 11 is 10.1. The minimum absolute atomic E-state index is 0.0184. The van der Waals surface area contributed by atoms with Crippen LogP contribution >= 0.6 is 38.9 Å². The first-order chi connectivity index (χ1) is 8.08. The zero-order valence-corrected chi connectivity index (χ0v) is 11.5. The van der Waals surface area contributed by atoms with Crippen molar-refractivity contribution in [2.24, 2.45) is 0 Å². The number of halogens is 3. The van der Waals surface area contributed by atoms with E-state index < -0.39 is 5.82 Å². The van der Waals surface area contributed by atoms with Gasteiger partial charge in [-0.15, -0.1) is 11.3 Å². The smallest absolute Gasteiger partial charge is 0.265 e. The minimum atomic E-state index is -0.627. The zero-order valence-electron chi connectivity index (χ0n) is 8.34. The fraction of sp³-hybridized carbons (Fsp3) is 0. The molecule has 0 bridgehead atoms. The van der Waals surface area contributed by atoms with E-state index in [-0.39, 0.29) is 16.6 Å². The molecular formula is C11H6BrClFNOS. The second-order valence-corrected chi connectivity index (χ2v) is 6.03. The second kappa shape index (κ2) is 5.16. The molecule has 0 fully saturated rings. The number of thiophene rings is 1. The topological polar surface area (TPSA) is 29.1 Å². The molecule has 17 heavy (non-hydrogen) atoms. The Morgan fingerprint density at radius 2 is 2.12 bits per heavy atom. The highest BCUT2D eigenvalue weighted by atomic mass is 79.9. The Kier molecular flexibility index (Phi) is 3.81. The van der Waals surface area contributed by atoms with Gasteiger partial charge in [0.05, 0.1) is 19.4 Å². The third-order valence-corrected chi connectivity index (χ3v) is 3.91. The van der Waals surface area contributed by atoms with E-state index >= 15 is 0 Å². The van der Waals surface area contributed by atoms with E-state index in [9.17, 15) is 9.18 Å². The largest absolute Gasteiger partial charge is 0.319 e. The summed E-state index contributed by atoms with van der Waals surface area (Å²) in [7, 11) is 0. The number of rotatable bonds is 2. The molecule has 2 rings (SSSR count). The monoisotopic (exact) mass is 333 g/mol. The average Bonchev–Trinajstić information content (AvgIpc) is 2.72. The van der Waals surface area contributed by atoms with E-state index in [1.165, 1.54) is 23.5 Å². The first-order valence-corrected chi connectivity index (χ1v) is 6.57. The predicted molar refractivity (Wildman–Crippen MR) is 71.4 cm³/mol. The number of amides is 1. The predicted octanol–water partition coefficient (Wildman–Crippen LogP) is 4.56. The standard InChI is InChI=1S/C11H6BrClFNOS/c12-9-5-4-8(17-9)11(16)15-7-3-1-2-6(13)10(7)14/h1-5H,(H,15,16). The lowest BCUT2D eigenvalue weighted by Gasteiger charge is -2.05. The van der Waals surface area contributed by atoms with Gasteiger partial charge in [0.2, 0.25) is 0 Å². The number of carbonyl (C=O) groups is 1. The van der Waals surface area contributed by atoms with Crippen LogP contribution in [0.5, 0.6) is 0 Å². The lowest BCUT2D eigenvalue weighted by atomic mass is 10.3. The zero-order chi connectivity index (χ0) is 12.4. The van der Waals surface area contributed by atoms with Crippen LogP contribution in [0.15, 0.2) is 34.1 Å². The summed E-state index contributed by atoms with van der Waals surface area (Å²) in [5, 5.41) is 2.45. The third-order valence-electron chi connectivity index (χ3n) is 2.00. The van der Waals surface area contributed by atoms with Gasteiger partial charge < -0.3 is 5.32 Å². The molecule has 0 atom stereocenters. The van der Waals surface area contributed by atoms with Gasteiger partial charge in [0.25, 0.3) is 5.91 Å². The Morgan fingerprint density at radius 1 is 1.35 bits per heavy atom. The van der Waals surface area contributed by atoms with Crippen LogP contribution in [0.25, 0.3) is 0 Å². The Morgan fingerprint density at radius 3 is 2.76 bits per heavy atom. The van der Waals surface area contributed by atoms with Gasteiger partial charge in [-0.25, -0.2) is 4.39 Å². The fourth-order valence-corrected chi connectivity index (χ4v) is 2.68. The molecule has 1 heterocycles. The summed E-state index contributed by atoms with van der Waals surface area (Å²) in [5.74, 6) is -0.986. The highest BCUT2D eigenvalue weighted by Gasteiger charge is 2.12. The molecule has 0 saturated heterocycles. The third kappa shape index (κ3) is 2.86. The van der Waals surface area contributed by atoms with Crippen molar-refractivity contribution in [2.75, 3.05) is 5.32 Å². The van der Waals surface area contributed by atoms with E-state index in [0.717, 1.165) is 3.79 Å². The van der Waals surface area contributed by atoms with Crippen molar-refractivity contribution in [3.63, 3.8) is 0 Å². The van der Waals surface area contributed by atoms with Gasteiger partial charge in [-0.1, -0.05) is 17.7 Å². The summed E-state index contributed by atoms with van der Waals surface area (Å²) in [5.41, 5.74) is 0.0759. The molecule has 1 N–H and O–H groups in total. The average molecular weight is 335 g/mol. The van der Waals surface area contributed by atoms with Crippen LogP contribution in [0.2, 0.25) is 5.02 Å². The molecule has 1 aromatic heterocycles. The summed E-state index contributed by atoms with van der Waals surface area (Å²) in [4.78, 5) is 12.3. The number of hydrogen-bond acceptors (Lipinski definition) is 2. The van der Waals surface area contributed by atoms with Crippen molar-refractivity contribution in [1.29, 1.82) is 0 Å². The van der Waals surface area contributed by atoms with E-state index in [2.05, 4.69) is 21.2 Å². The summed E-state index contributed by atoms with van der Waals surface area (Å²) in [6.45, 7) is 0. The van der Waals surface area contributed by atoms with Crippen molar-refractivity contribution < 1.29 is 9.18 Å². The minimum Gasteiger partial charge on any atom is -0.319 e. The molecule has 6 heteroatoms. The fourth-order valence-electron chi connectivity index (χ4n) is 1.22. The van der Waals surface area contributed by atoms with Crippen LogP contribution in [-0.4, -0.2) is 5.91 Å². The van der Waals surface area contributed by atoms with Crippen LogP contribution < -0.4 is 5.32 Å².